The molecule has 5 nitrogen and oxygen atoms in total. The van der Waals surface area contributed by atoms with Crippen LogP contribution in [0.2, 0.25) is 0 Å². The molecule has 1 heterocycles. The monoisotopic (exact) mass is 412 g/mol. The van der Waals surface area contributed by atoms with E-state index < -0.39 is 6.10 Å². The molecule has 2 aromatic carbocycles. The number of hydrogen-bond acceptors (Lipinski definition) is 5. The van der Waals surface area contributed by atoms with Crippen LogP contribution in [-0.2, 0) is 5.41 Å². The summed E-state index contributed by atoms with van der Waals surface area (Å²) >= 11 is 0. The van der Waals surface area contributed by atoms with Gasteiger partial charge < -0.3 is 19.5 Å². The van der Waals surface area contributed by atoms with Gasteiger partial charge in [-0.05, 0) is 36.1 Å². The average molecular weight is 413 g/mol. The molecular formula is C25H36N2O3. The van der Waals surface area contributed by atoms with Crippen LogP contribution in [0.3, 0.4) is 0 Å². The summed E-state index contributed by atoms with van der Waals surface area (Å²) in [6.07, 6.45) is -0.517. The van der Waals surface area contributed by atoms with Gasteiger partial charge in [-0.15, -0.1) is 0 Å². The first-order valence-electron chi connectivity index (χ1n) is 10.8. The fourth-order valence-electron chi connectivity index (χ4n) is 3.95. The average Bonchev–Trinajstić information content (AvgIpc) is 2.72. The highest BCUT2D eigenvalue weighted by atomic mass is 16.5. The Morgan fingerprint density at radius 2 is 1.70 bits per heavy atom. The van der Waals surface area contributed by atoms with Crippen LogP contribution in [0.4, 0.5) is 5.69 Å². The Morgan fingerprint density at radius 3 is 2.37 bits per heavy atom. The van der Waals surface area contributed by atoms with E-state index in [1.54, 1.807) is 7.11 Å². The largest absolute Gasteiger partial charge is 0.495 e. The van der Waals surface area contributed by atoms with E-state index in [0.717, 1.165) is 43.4 Å². The lowest BCUT2D eigenvalue weighted by atomic mass is 9.85. The van der Waals surface area contributed by atoms with Crippen molar-refractivity contribution in [1.82, 2.24) is 4.90 Å². The molecule has 0 spiro atoms. The Balaban J connectivity index is 1.51. The van der Waals surface area contributed by atoms with Crippen molar-refractivity contribution in [3.63, 3.8) is 0 Å². The van der Waals surface area contributed by atoms with Crippen LogP contribution < -0.4 is 14.4 Å². The lowest BCUT2D eigenvalue weighted by Gasteiger charge is -2.37. The quantitative estimate of drug-likeness (QED) is 0.748. The van der Waals surface area contributed by atoms with Gasteiger partial charge >= 0.3 is 0 Å². The van der Waals surface area contributed by atoms with Gasteiger partial charge in [0.05, 0.1) is 12.8 Å². The number of nitrogens with zero attached hydrogens (tertiary/aromatic N) is 2. The standard InChI is InChI=1S/C25H36N2O3/c1-19-10-11-23(21(16-19)25(2,3)4)30-18-20(28)17-26-12-14-27(15-13-26)22-8-6-7-9-24(22)29-5/h6-11,16,20,28H,12-15,17-18H2,1-5H3/t20-/m0/s1. The first-order chi connectivity index (χ1) is 14.3. The summed E-state index contributed by atoms with van der Waals surface area (Å²) in [5, 5.41) is 10.6. The fraction of sp³-hybridized carbons (Fsp3) is 0.520. The van der Waals surface area contributed by atoms with E-state index in [4.69, 9.17) is 9.47 Å². The molecule has 3 rings (SSSR count). The molecule has 0 amide bonds. The number of aliphatic hydroxyl groups is 1. The molecular weight excluding hydrogens is 376 g/mol. The normalized spacial score (nSPS) is 16.4. The number of benzene rings is 2. The van der Waals surface area contributed by atoms with E-state index in [9.17, 15) is 5.11 Å². The van der Waals surface area contributed by atoms with Gasteiger partial charge in [-0.3, -0.25) is 4.90 Å². The van der Waals surface area contributed by atoms with E-state index in [-0.39, 0.29) is 5.41 Å². The maximum atomic E-state index is 10.6. The number of piperazine rings is 1. The van der Waals surface area contributed by atoms with Crippen molar-refractivity contribution in [2.45, 2.75) is 39.2 Å². The number of anilines is 1. The van der Waals surface area contributed by atoms with Gasteiger partial charge in [0.1, 0.15) is 24.2 Å². The van der Waals surface area contributed by atoms with Gasteiger partial charge in [-0.1, -0.05) is 50.6 Å². The third-order valence-corrected chi connectivity index (χ3v) is 5.64. The second-order valence-electron chi connectivity index (χ2n) is 9.17. The SMILES string of the molecule is COc1ccccc1N1CCN(C[C@H](O)COc2ccc(C)cc2C(C)(C)C)CC1. The van der Waals surface area contributed by atoms with E-state index in [2.05, 4.69) is 55.7 Å². The molecule has 1 fully saturated rings. The third kappa shape index (κ3) is 5.67. The predicted molar refractivity (Wildman–Crippen MR) is 123 cm³/mol. The number of β-amino-alcohol motifs (C(OH)–C–C–N with tert-alkyl or cyclic N) is 1. The Hall–Kier alpha value is -2.24. The highest BCUT2D eigenvalue weighted by molar-refractivity contribution is 5.58. The second kappa shape index (κ2) is 9.71. The molecule has 164 valence electrons. The first kappa shape index (κ1) is 22.4. The number of aliphatic hydroxyl groups excluding tert-OH is 1. The summed E-state index contributed by atoms with van der Waals surface area (Å²) in [6.45, 7) is 13.2. The molecule has 30 heavy (non-hydrogen) atoms. The van der Waals surface area contributed by atoms with Crippen LogP contribution in [0.1, 0.15) is 31.9 Å². The van der Waals surface area contributed by atoms with Gasteiger partial charge in [0.15, 0.2) is 0 Å². The van der Waals surface area contributed by atoms with Crippen LogP contribution in [0.25, 0.3) is 0 Å². The molecule has 0 radical (unpaired) electrons. The lowest BCUT2D eigenvalue weighted by Crippen LogP contribution is -2.49. The van der Waals surface area contributed by atoms with Crippen molar-refractivity contribution in [3.05, 3.63) is 53.6 Å². The van der Waals surface area contributed by atoms with Gasteiger partial charge in [0.2, 0.25) is 0 Å². The van der Waals surface area contributed by atoms with Gasteiger partial charge in [0.25, 0.3) is 0 Å². The number of aryl methyl sites for hydroxylation is 1. The summed E-state index contributed by atoms with van der Waals surface area (Å²) in [5.74, 6) is 1.78. The van der Waals surface area contributed by atoms with Crippen LogP contribution in [0.15, 0.2) is 42.5 Å². The molecule has 1 aliphatic heterocycles. The van der Waals surface area contributed by atoms with Gasteiger partial charge in [0, 0.05) is 32.7 Å². The molecule has 2 aromatic rings. The molecule has 0 unspecified atom stereocenters. The van der Waals surface area contributed by atoms with Crippen molar-refractivity contribution < 1.29 is 14.6 Å². The minimum Gasteiger partial charge on any atom is -0.495 e. The molecule has 0 aromatic heterocycles. The highest BCUT2D eigenvalue weighted by Crippen LogP contribution is 2.32. The second-order valence-corrected chi connectivity index (χ2v) is 9.17. The molecule has 0 saturated carbocycles. The Kier molecular flexibility index (Phi) is 7.27. The topological polar surface area (TPSA) is 45.2 Å². The lowest BCUT2D eigenvalue weighted by molar-refractivity contribution is 0.0656. The number of methoxy groups -OCH3 is 1. The first-order valence-corrected chi connectivity index (χ1v) is 10.8. The van der Waals surface area contributed by atoms with Crippen molar-refractivity contribution >= 4 is 5.69 Å². The third-order valence-electron chi connectivity index (χ3n) is 5.64. The minimum atomic E-state index is -0.517. The van der Waals surface area contributed by atoms with E-state index in [1.165, 1.54) is 11.1 Å². The van der Waals surface area contributed by atoms with Gasteiger partial charge in [-0.25, -0.2) is 0 Å². The van der Waals surface area contributed by atoms with Crippen molar-refractivity contribution in [1.29, 1.82) is 0 Å². The van der Waals surface area contributed by atoms with Crippen molar-refractivity contribution in [2.75, 3.05) is 51.3 Å². The molecule has 1 aliphatic rings. The zero-order valence-electron chi connectivity index (χ0n) is 19.0. The Morgan fingerprint density at radius 1 is 1.00 bits per heavy atom. The number of hydrogen-bond donors (Lipinski definition) is 1. The van der Waals surface area contributed by atoms with Crippen LogP contribution >= 0.6 is 0 Å². The maximum Gasteiger partial charge on any atom is 0.142 e. The van der Waals surface area contributed by atoms with Crippen LogP contribution in [-0.4, -0.2) is 62.6 Å². The predicted octanol–water partition coefficient (Wildman–Crippen LogP) is 3.86. The van der Waals surface area contributed by atoms with Crippen molar-refractivity contribution in [3.8, 4) is 11.5 Å². The molecule has 5 heteroatoms. The fourth-order valence-corrected chi connectivity index (χ4v) is 3.95. The summed E-state index contributed by atoms with van der Waals surface area (Å²) < 4.78 is 11.5. The zero-order valence-corrected chi connectivity index (χ0v) is 19.0. The minimum absolute atomic E-state index is 0.00112. The molecule has 1 saturated heterocycles. The van der Waals surface area contributed by atoms with Crippen molar-refractivity contribution in [2.24, 2.45) is 0 Å². The number of rotatable bonds is 7. The highest BCUT2D eigenvalue weighted by Gasteiger charge is 2.23. The van der Waals surface area contributed by atoms with Crippen LogP contribution in [0.5, 0.6) is 11.5 Å². The molecule has 0 aliphatic carbocycles. The Bertz CT molecular complexity index is 823. The smallest absolute Gasteiger partial charge is 0.142 e. The summed E-state index contributed by atoms with van der Waals surface area (Å²) in [5.41, 5.74) is 3.54. The molecule has 1 atom stereocenters. The molecule has 0 bridgehead atoms. The molecule has 1 N–H and O–H groups in total. The Labute approximate surface area is 181 Å². The maximum absolute atomic E-state index is 10.6. The number of para-hydroxylation sites is 2. The van der Waals surface area contributed by atoms with E-state index >= 15 is 0 Å². The van der Waals surface area contributed by atoms with Crippen LogP contribution in [0, 0.1) is 6.92 Å². The summed E-state index contributed by atoms with van der Waals surface area (Å²) in [7, 11) is 1.71. The summed E-state index contributed by atoms with van der Waals surface area (Å²) in [6, 6.07) is 14.4. The van der Waals surface area contributed by atoms with E-state index in [0.29, 0.717) is 13.2 Å². The summed E-state index contributed by atoms with van der Waals surface area (Å²) in [4.78, 5) is 4.65. The number of ether oxygens (including phenoxy) is 2. The zero-order chi connectivity index (χ0) is 21.7. The van der Waals surface area contributed by atoms with E-state index in [1.807, 2.05) is 24.3 Å². The van der Waals surface area contributed by atoms with Gasteiger partial charge in [-0.2, -0.15) is 0 Å².